The zero-order chi connectivity index (χ0) is 16.3. The van der Waals surface area contributed by atoms with Gasteiger partial charge in [-0.2, -0.15) is 0 Å². The predicted molar refractivity (Wildman–Crippen MR) is 80.2 cm³/mol. The summed E-state index contributed by atoms with van der Waals surface area (Å²) in [6.07, 6.45) is 0.614. The van der Waals surface area contributed by atoms with Gasteiger partial charge in [0.15, 0.2) is 0 Å². The van der Waals surface area contributed by atoms with E-state index in [4.69, 9.17) is 5.11 Å². The Kier molecular flexibility index (Phi) is 4.95. The van der Waals surface area contributed by atoms with Crippen LogP contribution in [0.3, 0.4) is 0 Å². The van der Waals surface area contributed by atoms with E-state index in [0.717, 1.165) is 11.4 Å². The third-order valence-electron chi connectivity index (χ3n) is 3.74. The molecule has 0 spiro atoms. The summed E-state index contributed by atoms with van der Waals surface area (Å²) >= 11 is 0. The Bertz CT molecular complexity index is 556. The van der Waals surface area contributed by atoms with Crippen molar-refractivity contribution in [2.45, 2.75) is 33.7 Å². The van der Waals surface area contributed by atoms with E-state index in [9.17, 15) is 9.59 Å². The maximum atomic E-state index is 12.2. The quantitative estimate of drug-likeness (QED) is 0.878. The SMILES string of the molecule is Cc1cc(CNC(=O)N2CC(C)CC(C(=O)O)C2)nc(C)n1. The van der Waals surface area contributed by atoms with Crippen LogP contribution in [0.4, 0.5) is 4.79 Å². The molecule has 0 radical (unpaired) electrons. The number of likely N-dealkylation sites (tertiary alicyclic amines) is 1. The number of carbonyl (C=O) groups is 2. The van der Waals surface area contributed by atoms with E-state index in [1.54, 1.807) is 4.90 Å². The molecule has 0 aromatic carbocycles. The molecule has 7 heteroatoms. The number of amides is 2. The summed E-state index contributed by atoms with van der Waals surface area (Å²) in [4.78, 5) is 33.4. The number of piperidine rings is 1. The molecule has 2 unspecified atom stereocenters. The standard InChI is InChI=1S/C15H22N4O3/c1-9-4-12(14(20)21)8-19(7-9)15(22)16-6-13-5-10(2)17-11(3)18-13/h5,9,12H,4,6-8H2,1-3H3,(H,16,22)(H,20,21). The van der Waals surface area contributed by atoms with Crippen LogP contribution in [0.1, 0.15) is 30.6 Å². The second-order valence-electron chi connectivity index (χ2n) is 5.99. The molecule has 0 bridgehead atoms. The summed E-state index contributed by atoms with van der Waals surface area (Å²) in [5.74, 6) is -0.477. The lowest BCUT2D eigenvalue weighted by Gasteiger charge is -2.34. The number of aryl methyl sites for hydroxylation is 2. The number of carboxylic acid groups (broad SMARTS) is 1. The van der Waals surface area contributed by atoms with E-state index in [1.165, 1.54) is 0 Å². The number of hydrogen-bond acceptors (Lipinski definition) is 4. The van der Waals surface area contributed by atoms with Crippen LogP contribution in [0.5, 0.6) is 0 Å². The van der Waals surface area contributed by atoms with Crippen molar-refractivity contribution in [1.29, 1.82) is 0 Å². The Hall–Kier alpha value is -2.18. The van der Waals surface area contributed by atoms with Crippen molar-refractivity contribution in [3.8, 4) is 0 Å². The molecular weight excluding hydrogens is 284 g/mol. The van der Waals surface area contributed by atoms with Gasteiger partial charge >= 0.3 is 12.0 Å². The minimum absolute atomic E-state index is 0.184. The topological polar surface area (TPSA) is 95.4 Å². The van der Waals surface area contributed by atoms with E-state index in [1.807, 2.05) is 26.8 Å². The van der Waals surface area contributed by atoms with Gasteiger partial charge in [-0.05, 0) is 32.3 Å². The van der Waals surface area contributed by atoms with Gasteiger partial charge in [-0.15, -0.1) is 0 Å². The van der Waals surface area contributed by atoms with E-state index in [2.05, 4.69) is 15.3 Å². The highest BCUT2D eigenvalue weighted by Crippen LogP contribution is 2.21. The molecule has 22 heavy (non-hydrogen) atoms. The number of nitrogens with one attached hydrogen (secondary N) is 1. The Labute approximate surface area is 129 Å². The Balaban J connectivity index is 1.95. The normalized spacial score (nSPS) is 21.5. The number of hydrogen-bond donors (Lipinski definition) is 2. The van der Waals surface area contributed by atoms with Gasteiger partial charge in [-0.3, -0.25) is 4.79 Å². The molecule has 1 aromatic rings. The van der Waals surface area contributed by atoms with Crippen molar-refractivity contribution >= 4 is 12.0 Å². The minimum atomic E-state index is -0.841. The molecule has 7 nitrogen and oxygen atoms in total. The molecule has 2 amide bonds. The van der Waals surface area contributed by atoms with Crippen LogP contribution < -0.4 is 5.32 Å². The second-order valence-corrected chi connectivity index (χ2v) is 5.99. The summed E-state index contributed by atoms with van der Waals surface area (Å²) in [6.45, 7) is 6.80. The summed E-state index contributed by atoms with van der Waals surface area (Å²) in [5.41, 5.74) is 1.60. The molecule has 1 aromatic heterocycles. The molecule has 2 atom stereocenters. The summed E-state index contributed by atoms with van der Waals surface area (Å²) < 4.78 is 0. The summed E-state index contributed by atoms with van der Waals surface area (Å²) in [7, 11) is 0. The van der Waals surface area contributed by atoms with Crippen LogP contribution in [-0.2, 0) is 11.3 Å². The van der Waals surface area contributed by atoms with E-state index < -0.39 is 11.9 Å². The highest BCUT2D eigenvalue weighted by Gasteiger charge is 2.31. The van der Waals surface area contributed by atoms with E-state index in [-0.39, 0.29) is 18.5 Å². The highest BCUT2D eigenvalue weighted by molar-refractivity contribution is 5.76. The number of rotatable bonds is 3. The van der Waals surface area contributed by atoms with Gasteiger partial charge in [0.2, 0.25) is 0 Å². The van der Waals surface area contributed by atoms with Crippen LogP contribution in [0.2, 0.25) is 0 Å². The molecular formula is C15H22N4O3. The van der Waals surface area contributed by atoms with E-state index in [0.29, 0.717) is 25.3 Å². The number of aliphatic carboxylic acids is 1. The van der Waals surface area contributed by atoms with Gasteiger partial charge in [-0.1, -0.05) is 6.92 Å². The van der Waals surface area contributed by atoms with E-state index >= 15 is 0 Å². The molecule has 2 heterocycles. The fourth-order valence-electron chi connectivity index (χ4n) is 2.86. The van der Waals surface area contributed by atoms with Crippen molar-refractivity contribution in [1.82, 2.24) is 20.2 Å². The molecule has 1 fully saturated rings. The zero-order valence-corrected chi connectivity index (χ0v) is 13.2. The summed E-state index contributed by atoms with van der Waals surface area (Å²) in [5, 5.41) is 12.0. The fraction of sp³-hybridized carbons (Fsp3) is 0.600. The van der Waals surface area contributed by atoms with Gasteiger partial charge < -0.3 is 15.3 Å². The third-order valence-corrected chi connectivity index (χ3v) is 3.74. The van der Waals surface area contributed by atoms with Crippen LogP contribution >= 0.6 is 0 Å². The van der Waals surface area contributed by atoms with Crippen LogP contribution in [-0.4, -0.2) is 45.1 Å². The average Bonchev–Trinajstić information content (AvgIpc) is 2.43. The molecule has 0 aliphatic carbocycles. The largest absolute Gasteiger partial charge is 0.481 e. The molecule has 120 valence electrons. The number of urea groups is 1. The first-order valence-corrected chi connectivity index (χ1v) is 7.42. The zero-order valence-electron chi connectivity index (χ0n) is 13.2. The number of carboxylic acids is 1. The van der Waals surface area contributed by atoms with Crippen LogP contribution in [0, 0.1) is 25.7 Å². The van der Waals surface area contributed by atoms with Crippen molar-refractivity contribution in [2.75, 3.05) is 13.1 Å². The van der Waals surface area contributed by atoms with Crippen molar-refractivity contribution < 1.29 is 14.7 Å². The van der Waals surface area contributed by atoms with Gasteiger partial charge in [0.25, 0.3) is 0 Å². The first-order valence-electron chi connectivity index (χ1n) is 7.42. The minimum Gasteiger partial charge on any atom is -0.481 e. The molecule has 2 N–H and O–H groups in total. The van der Waals surface area contributed by atoms with Crippen molar-refractivity contribution in [3.05, 3.63) is 23.3 Å². The third kappa shape index (κ3) is 4.16. The van der Waals surface area contributed by atoms with Crippen molar-refractivity contribution in [3.63, 3.8) is 0 Å². The number of nitrogens with zero attached hydrogens (tertiary/aromatic N) is 3. The predicted octanol–water partition coefficient (Wildman–Crippen LogP) is 1.35. The van der Waals surface area contributed by atoms with Gasteiger partial charge in [0.1, 0.15) is 5.82 Å². The lowest BCUT2D eigenvalue weighted by Crippen LogP contribution is -2.49. The summed E-state index contributed by atoms with van der Waals surface area (Å²) in [6, 6.07) is 1.58. The number of aromatic nitrogens is 2. The molecule has 1 aliphatic heterocycles. The van der Waals surface area contributed by atoms with Gasteiger partial charge in [-0.25, -0.2) is 14.8 Å². The fourth-order valence-corrected chi connectivity index (χ4v) is 2.86. The van der Waals surface area contributed by atoms with Crippen LogP contribution in [0.25, 0.3) is 0 Å². The monoisotopic (exact) mass is 306 g/mol. The second kappa shape index (κ2) is 6.72. The number of carbonyl (C=O) groups excluding carboxylic acids is 1. The first-order chi connectivity index (χ1) is 10.3. The average molecular weight is 306 g/mol. The smallest absolute Gasteiger partial charge is 0.317 e. The lowest BCUT2D eigenvalue weighted by atomic mass is 9.91. The van der Waals surface area contributed by atoms with Crippen molar-refractivity contribution in [2.24, 2.45) is 11.8 Å². The lowest BCUT2D eigenvalue weighted by molar-refractivity contribution is -0.143. The Morgan fingerprint density at radius 1 is 1.36 bits per heavy atom. The first kappa shape index (κ1) is 16.2. The van der Waals surface area contributed by atoms with Gasteiger partial charge in [0.05, 0.1) is 18.2 Å². The van der Waals surface area contributed by atoms with Gasteiger partial charge in [0, 0.05) is 18.8 Å². The molecule has 2 rings (SSSR count). The molecule has 1 saturated heterocycles. The highest BCUT2D eigenvalue weighted by atomic mass is 16.4. The molecule has 1 aliphatic rings. The maximum absolute atomic E-state index is 12.2. The Morgan fingerprint density at radius 2 is 2.09 bits per heavy atom. The molecule has 0 saturated carbocycles. The Morgan fingerprint density at radius 3 is 2.73 bits per heavy atom. The van der Waals surface area contributed by atoms with Crippen LogP contribution in [0.15, 0.2) is 6.07 Å². The maximum Gasteiger partial charge on any atom is 0.317 e.